The molecule has 1 heterocycles. The molecule has 1 atom stereocenters. The first-order valence-corrected chi connectivity index (χ1v) is 7.45. The predicted molar refractivity (Wildman–Crippen MR) is 82.0 cm³/mol. The van der Waals surface area contributed by atoms with Crippen molar-refractivity contribution in [1.82, 2.24) is 4.98 Å². The number of allylic oxidation sites excluding steroid dienone is 2. The van der Waals surface area contributed by atoms with Crippen LogP contribution in [0.5, 0.6) is 0 Å². The summed E-state index contributed by atoms with van der Waals surface area (Å²) in [5, 5.41) is 0. The molecule has 0 amide bonds. The van der Waals surface area contributed by atoms with Gasteiger partial charge in [-0.25, -0.2) is 0 Å². The van der Waals surface area contributed by atoms with E-state index < -0.39 is 0 Å². The quantitative estimate of drug-likeness (QED) is 0.498. The topological polar surface area (TPSA) is 76.2 Å². The van der Waals surface area contributed by atoms with E-state index in [4.69, 9.17) is 4.74 Å². The van der Waals surface area contributed by atoms with E-state index in [2.05, 4.69) is 11.1 Å². The van der Waals surface area contributed by atoms with Gasteiger partial charge in [0.2, 0.25) is 5.78 Å². The summed E-state index contributed by atoms with van der Waals surface area (Å²) in [5.74, 6) is -0.544. The molecule has 5 nitrogen and oxygen atoms in total. The summed E-state index contributed by atoms with van der Waals surface area (Å²) in [6.45, 7) is 4.64. The van der Waals surface area contributed by atoms with Crippen LogP contribution < -0.4 is 0 Å². The van der Waals surface area contributed by atoms with Gasteiger partial charge in [-0.1, -0.05) is 12.2 Å². The normalized spacial score (nSPS) is 16.8. The Morgan fingerprint density at radius 2 is 2.05 bits per heavy atom. The largest absolute Gasteiger partial charge is 0.457 e. The number of aromatic amines is 1. The Hall–Kier alpha value is -2.17. The zero-order valence-electron chi connectivity index (χ0n) is 13.2. The van der Waals surface area contributed by atoms with Crippen LogP contribution in [0.15, 0.2) is 12.2 Å². The van der Waals surface area contributed by atoms with Gasteiger partial charge in [0.05, 0.1) is 12.1 Å². The lowest BCUT2D eigenvalue weighted by Crippen LogP contribution is -2.17. The number of esters is 1. The second-order valence-electron chi connectivity index (χ2n) is 5.73. The smallest absolute Gasteiger partial charge is 0.306 e. The molecular weight excluding hydrogens is 282 g/mol. The van der Waals surface area contributed by atoms with Gasteiger partial charge in [0.1, 0.15) is 0 Å². The van der Waals surface area contributed by atoms with Crippen LogP contribution in [0, 0.1) is 19.8 Å². The Bertz CT molecular complexity index is 639. The van der Waals surface area contributed by atoms with Gasteiger partial charge in [-0.2, -0.15) is 0 Å². The van der Waals surface area contributed by atoms with Crippen LogP contribution in [0.4, 0.5) is 0 Å². The molecule has 1 aliphatic carbocycles. The number of Topliss-reactive ketones (excluding diaryl/α,β-unsaturated/α-hetero) is 2. The van der Waals surface area contributed by atoms with Gasteiger partial charge in [-0.05, 0) is 45.1 Å². The number of aromatic nitrogens is 1. The van der Waals surface area contributed by atoms with Crippen molar-refractivity contribution in [2.75, 3.05) is 6.61 Å². The van der Waals surface area contributed by atoms with Crippen molar-refractivity contribution in [3.05, 3.63) is 34.7 Å². The Morgan fingerprint density at radius 1 is 1.32 bits per heavy atom. The number of aryl methyl sites for hydroxylation is 1. The molecule has 0 radical (unpaired) electrons. The van der Waals surface area contributed by atoms with Crippen LogP contribution in [0.1, 0.15) is 58.3 Å². The standard InChI is InChI=1S/C17H21NO4/c1-10-16(12(3)19)11(2)18-17(10)14(20)9-22-15(21)8-13-6-4-5-7-13/h4,6,13,18H,5,7-9H2,1-3H3/t13-/m1/s1. The summed E-state index contributed by atoms with van der Waals surface area (Å²) >= 11 is 0. The molecule has 118 valence electrons. The zero-order chi connectivity index (χ0) is 16.3. The Balaban J connectivity index is 1.95. The Morgan fingerprint density at radius 3 is 2.59 bits per heavy atom. The van der Waals surface area contributed by atoms with E-state index in [1.54, 1.807) is 13.8 Å². The van der Waals surface area contributed by atoms with E-state index in [0.717, 1.165) is 12.8 Å². The van der Waals surface area contributed by atoms with E-state index in [1.807, 2.05) is 6.08 Å². The molecule has 0 spiro atoms. The second kappa shape index (κ2) is 6.73. The van der Waals surface area contributed by atoms with Crippen molar-refractivity contribution in [2.24, 2.45) is 5.92 Å². The third-order valence-corrected chi connectivity index (χ3v) is 3.97. The van der Waals surface area contributed by atoms with E-state index in [9.17, 15) is 14.4 Å². The Kier molecular flexibility index (Phi) is 4.96. The summed E-state index contributed by atoms with van der Waals surface area (Å²) in [4.78, 5) is 38.4. The highest BCUT2D eigenvalue weighted by atomic mass is 16.5. The summed E-state index contributed by atoms with van der Waals surface area (Å²) in [7, 11) is 0. The number of carbonyl (C=O) groups is 3. The van der Waals surface area contributed by atoms with E-state index in [1.165, 1.54) is 6.92 Å². The van der Waals surface area contributed by atoms with Gasteiger partial charge in [-0.3, -0.25) is 14.4 Å². The highest BCUT2D eigenvalue weighted by Gasteiger charge is 2.21. The maximum absolute atomic E-state index is 12.2. The molecule has 5 heteroatoms. The van der Waals surface area contributed by atoms with Gasteiger partial charge >= 0.3 is 5.97 Å². The molecule has 0 saturated heterocycles. The number of hydrogen-bond acceptors (Lipinski definition) is 4. The molecule has 2 rings (SSSR count). The Labute approximate surface area is 129 Å². The average molecular weight is 303 g/mol. The summed E-state index contributed by atoms with van der Waals surface area (Å²) < 4.78 is 5.06. The van der Waals surface area contributed by atoms with Crippen LogP contribution in [-0.2, 0) is 9.53 Å². The third-order valence-electron chi connectivity index (χ3n) is 3.97. The molecule has 1 aromatic heterocycles. The molecule has 0 fully saturated rings. The van der Waals surface area contributed by atoms with Gasteiger partial charge in [0.25, 0.3) is 0 Å². The van der Waals surface area contributed by atoms with Crippen LogP contribution in [0.3, 0.4) is 0 Å². The summed E-state index contributed by atoms with van der Waals surface area (Å²) in [6, 6.07) is 0. The van der Waals surface area contributed by atoms with Gasteiger partial charge < -0.3 is 9.72 Å². The fourth-order valence-electron chi connectivity index (χ4n) is 2.91. The fourth-order valence-corrected chi connectivity index (χ4v) is 2.91. The number of hydrogen-bond donors (Lipinski definition) is 1. The van der Waals surface area contributed by atoms with E-state index >= 15 is 0 Å². The van der Waals surface area contributed by atoms with Crippen LogP contribution in [0.2, 0.25) is 0 Å². The van der Waals surface area contributed by atoms with Crippen molar-refractivity contribution in [3.63, 3.8) is 0 Å². The lowest BCUT2D eigenvalue weighted by Gasteiger charge is -2.07. The molecule has 0 bridgehead atoms. The molecule has 22 heavy (non-hydrogen) atoms. The lowest BCUT2D eigenvalue weighted by atomic mass is 10.1. The molecular formula is C17H21NO4. The van der Waals surface area contributed by atoms with Crippen molar-refractivity contribution < 1.29 is 19.1 Å². The number of nitrogens with one attached hydrogen (secondary N) is 1. The molecule has 0 aromatic carbocycles. The van der Waals surface area contributed by atoms with Gasteiger partial charge in [-0.15, -0.1) is 0 Å². The first-order valence-electron chi connectivity index (χ1n) is 7.45. The fraction of sp³-hybridized carbons (Fsp3) is 0.471. The van der Waals surface area contributed by atoms with E-state index in [-0.39, 0.29) is 30.1 Å². The number of ketones is 2. The van der Waals surface area contributed by atoms with Crippen LogP contribution in [-0.4, -0.2) is 29.1 Å². The predicted octanol–water partition coefficient (Wildman–Crippen LogP) is 2.92. The number of carbonyl (C=O) groups excluding carboxylic acids is 3. The van der Waals surface area contributed by atoms with Gasteiger partial charge in [0, 0.05) is 11.3 Å². The van der Waals surface area contributed by atoms with E-state index in [0.29, 0.717) is 28.9 Å². The third kappa shape index (κ3) is 3.53. The molecule has 1 aliphatic rings. The van der Waals surface area contributed by atoms with Crippen molar-refractivity contribution in [1.29, 1.82) is 0 Å². The highest BCUT2D eigenvalue weighted by Crippen LogP contribution is 2.21. The zero-order valence-corrected chi connectivity index (χ0v) is 13.2. The van der Waals surface area contributed by atoms with Crippen molar-refractivity contribution in [3.8, 4) is 0 Å². The number of H-pyrrole nitrogens is 1. The number of rotatable bonds is 6. The first-order chi connectivity index (χ1) is 10.4. The average Bonchev–Trinajstić information content (AvgIpc) is 3.04. The maximum atomic E-state index is 12.2. The monoisotopic (exact) mass is 303 g/mol. The molecule has 0 aliphatic heterocycles. The SMILES string of the molecule is CC(=O)c1c(C)[nH]c(C(=O)COC(=O)C[C@@H]2C=CCC2)c1C. The molecule has 1 N–H and O–H groups in total. The van der Waals surface area contributed by atoms with Crippen LogP contribution >= 0.6 is 0 Å². The molecule has 1 aromatic rings. The van der Waals surface area contributed by atoms with Crippen molar-refractivity contribution >= 4 is 17.5 Å². The lowest BCUT2D eigenvalue weighted by molar-refractivity contribution is -0.143. The molecule has 0 saturated carbocycles. The summed E-state index contributed by atoms with van der Waals surface area (Å²) in [6.07, 6.45) is 6.33. The summed E-state index contributed by atoms with van der Waals surface area (Å²) in [5.41, 5.74) is 2.16. The maximum Gasteiger partial charge on any atom is 0.306 e. The van der Waals surface area contributed by atoms with Gasteiger partial charge in [0.15, 0.2) is 12.4 Å². The van der Waals surface area contributed by atoms with Crippen molar-refractivity contribution in [2.45, 2.75) is 40.0 Å². The molecule has 0 unspecified atom stereocenters. The first kappa shape index (κ1) is 16.2. The minimum absolute atomic E-state index is 0.0877. The highest BCUT2D eigenvalue weighted by molar-refractivity contribution is 6.04. The van der Waals surface area contributed by atoms with Crippen LogP contribution in [0.25, 0.3) is 0 Å². The minimum Gasteiger partial charge on any atom is -0.457 e. The minimum atomic E-state index is -0.363. The second-order valence-corrected chi connectivity index (χ2v) is 5.73. The number of ether oxygens (including phenoxy) is 1.